The lowest BCUT2D eigenvalue weighted by molar-refractivity contribution is 0.139. The molecule has 1 atom stereocenters. The second-order valence-electron chi connectivity index (χ2n) is 8.53. The Morgan fingerprint density at radius 3 is 2.43 bits per heavy atom. The molecule has 5 rings (SSSR count). The number of nitrogens with one attached hydrogen (secondary N) is 1. The molecule has 1 N–H and O–H groups in total. The number of aromatic nitrogens is 4. The summed E-state index contributed by atoms with van der Waals surface area (Å²) in [5.41, 5.74) is 2.48. The van der Waals surface area contributed by atoms with Gasteiger partial charge in [-0.15, -0.1) is 0 Å². The van der Waals surface area contributed by atoms with Crippen LogP contribution < -0.4 is 4.90 Å². The monoisotopic (exact) mass is 484 g/mol. The largest absolute Gasteiger partial charge is 0.341 e. The van der Waals surface area contributed by atoms with Gasteiger partial charge in [-0.25, -0.2) is 32.9 Å². The summed E-state index contributed by atoms with van der Waals surface area (Å²) in [6.45, 7) is 5.14. The lowest BCUT2D eigenvalue weighted by atomic mass is 10.0. The molecule has 2 aliphatic heterocycles. The van der Waals surface area contributed by atoms with Gasteiger partial charge in [0, 0.05) is 56.1 Å². The molecule has 182 valence electrons. The van der Waals surface area contributed by atoms with Crippen LogP contribution in [0.15, 0.2) is 29.5 Å². The molecular formula is C23H23F3N8O. The number of rotatable bonds is 3. The van der Waals surface area contributed by atoms with Crippen LogP contribution >= 0.6 is 0 Å². The second-order valence-corrected chi connectivity index (χ2v) is 8.53. The third kappa shape index (κ3) is 4.31. The summed E-state index contributed by atoms with van der Waals surface area (Å²) < 4.78 is 42.0. The van der Waals surface area contributed by atoms with Gasteiger partial charge in [0.25, 0.3) is 0 Å². The first-order chi connectivity index (χ1) is 16.8. The third-order valence-corrected chi connectivity index (χ3v) is 6.22. The van der Waals surface area contributed by atoms with Gasteiger partial charge in [-0.2, -0.15) is 10.2 Å². The Morgan fingerprint density at radius 1 is 1.06 bits per heavy atom. The van der Waals surface area contributed by atoms with Gasteiger partial charge < -0.3 is 9.80 Å². The molecular weight excluding hydrogens is 461 g/mol. The van der Waals surface area contributed by atoms with Crippen LogP contribution in [0.2, 0.25) is 0 Å². The summed E-state index contributed by atoms with van der Waals surface area (Å²) in [4.78, 5) is 25.3. The average molecular weight is 484 g/mol. The number of hydrogen-bond donors (Lipinski definition) is 1. The molecule has 1 aromatic carbocycles. The number of anilines is 1. The van der Waals surface area contributed by atoms with Crippen molar-refractivity contribution in [1.82, 2.24) is 30.1 Å². The summed E-state index contributed by atoms with van der Waals surface area (Å²) in [5.74, 6) is -1.58. The number of benzene rings is 1. The fraction of sp³-hybridized carbons (Fsp3) is 0.348. The Hall–Kier alpha value is -3.96. The maximum absolute atomic E-state index is 14.5. The molecule has 0 aliphatic carbocycles. The highest BCUT2D eigenvalue weighted by atomic mass is 19.1. The summed E-state index contributed by atoms with van der Waals surface area (Å²) >= 11 is 0. The molecule has 1 fully saturated rings. The van der Waals surface area contributed by atoms with E-state index in [4.69, 9.17) is 0 Å². The molecule has 0 radical (unpaired) electrons. The highest BCUT2D eigenvalue weighted by Gasteiger charge is 2.34. The van der Waals surface area contributed by atoms with Crippen LogP contribution in [0.3, 0.4) is 0 Å². The average Bonchev–Trinajstić information content (AvgIpc) is 3.45. The van der Waals surface area contributed by atoms with Crippen molar-refractivity contribution in [2.75, 3.05) is 31.1 Å². The summed E-state index contributed by atoms with van der Waals surface area (Å²) in [7, 11) is 0. The smallest absolute Gasteiger partial charge is 0.337 e. The zero-order valence-electron chi connectivity index (χ0n) is 19.2. The van der Waals surface area contributed by atoms with E-state index >= 15 is 0 Å². The lowest BCUT2D eigenvalue weighted by Crippen LogP contribution is -2.52. The summed E-state index contributed by atoms with van der Waals surface area (Å²) in [6, 6.07) is 2.30. The first-order valence-electron chi connectivity index (χ1n) is 11.2. The predicted molar refractivity (Wildman–Crippen MR) is 122 cm³/mol. The van der Waals surface area contributed by atoms with Crippen molar-refractivity contribution >= 4 is 18.2 Å². The van der Waals surface area contributed by atoms with Crippen LogP contribution in [0, 0.1) is 31.3 Å². The van der Waals surface area contributed by atoms with E-state index in [1.165, 1.54) is 17.1 Å². The molecule has 0 spiro atoms. The molecule has 0 bridgehead atoms. The van der Waals surface area contributed by atoms with Gasteiger partial charge in [-0.1, -0.05) is 0 Å². The van der Waals surface area contributed by atoms with Crippen molar-refractivity contribution in [2.24, 2.45) is 5.10 Å². The normalized spacial score (nSPS) is 18.0. The van der Waals surface area contributed by atoms with E-state index in [0.29, 0.717) is 61.1 Å². The minimum absolute atomic E-state index is 0.175. The van der Waals surface area contributed by atoms with E-state index in [2.05, 4.69) is 25.3 Å². The van der Waals surface area contributed by atoms with E-state index in [1.54, 1.807) is 25.0 Å². The maximum Gasteiger partial charge on any atom is 0.341 e. The predicted octanol–water partition coefficient (Wildman–Crippen LogP) is 3.58. The van der Waals surface area contributed by atoms with Crippen LogP contribution in [-0.4, -0.2) is 68.5 Å². The van der Waals surface area contributed by atoms with E-state index in [1.807, 2.05) is 4.90 Å². The standard InChI is InChI=1S/C23H23F3N8O/c1-13-20(14(2)31-30-13)21-18(26)12-27-22(29-21)32-5-7-33(8-6-32)23(35)34-19(3-4-28-34)15-9-16(24)11-17(25)10-15/h4,9-12,19H,3,5-8H2,1-2H3,(H,30,31)/t19-/m0/s1. The lowest BCUT2D eigenvalue weighted by Gasteiger charge is -2.37. The SMILES string of the molecule is Cc1n[nH]c(C)c1-c1nc(N2CCN(C(=O)N3N=CC[C@H]3c3cc(F)cc(F)c3)CC2)ncc1F. The fourth-order valence-electron chi connectivity index (χ4n) is 4.47. The number of hydrazone groups is 1. The molecule has 2 aliphatic rings. The molecule has 9 nitrogen and oxygen atoms in total. The van der Waals surface area contributed by atoms with Crippen molar-refractivity contribution < 1.29 is 18.0 Å². The fourth-order valence-corrected chi connectivity index (χ4v) is 4.47. The number of carbonyl (C=O) groups excluding carboxylic acids is 1. The van der Waals surface area contributed by atoms with Crippen molar-refractivity contribution in [3.05, 3.63) is 58.8 Å². The molecule has 2 aromatic heterocycles. The Labute approximate surface area is 199 Å². The minimum atomic E-state index is -0.701. The number of nitrogens with zero attached hydrogens (tertiary/aromatic N) is 7. The molecule has 2 amide bonds. The van der Waals surface area contributed by atoms with Crippen molar-refractivity contribution in [3.63, 3.8) is 0 Å². The number of amides is 2. The number of piperazine rings is 1. The highest BCUT2D eigenvalue weighted by molar-refractivity contribution is 5.79. The molecule has 12 heteroatoms. The van der Waals surface area contributed by atoms with Crippen LogP contribution in [0.1, 0.15) is 29.4 Å². The van der Waals surface area contributed by atoms with Gasteiger partial charge in [0.05, 0.1) is 17.9 Å². The van der Waals surface area contributed by atoms with Crippen LogP contribution in [0.4, 0.5) is 23.9 Å². The first-order valence-corrected chi connectivity index (χ1v) is 11.2. The zero-order chi connectivity index (χ0) is 24.7. The summed E-state index contributed by atoms with van der Waals surface area (Å²) in [5, 5.41) is 12.4. The van der Waals surface area contributed by atoms with Gasteiger partial charge in [0.1, 0.15) is 17.3 Å². The molecule has 4 heterocycles. The highest BCUT2D eigenvalue weighted by Crippen LogP contribution is 2.31. The van der Waals surface area contributed by atoms with Crippen molar-refractivity contribution in [1.29, 1.82) is 0 Å². The van der Waals surface area contributed by atoms with E-state index in [0.717, 1.165) is 12.3 Å². The number of aromatic amines is 1. The Bertz CT molecular complexity index is 1260. The van der Waals surface area contributed by atoms with E-state index in [9.17, 15) is 18.0 Å². The van der Waals surface area contributed by atoms with Gasteiger partial charge in [0.15, 0.2) is 5.82 Å². The quantitative estimate of drug-likeness (QED) is 0.614. The second kappa shape index (κ2) is 9.01. The van der Waals surface area contributed by atoms with Crippen LogP contribution in [0.25, 0.3) is 11.3 Å². The van der Waals surface area contributed by atoms with Crippen LogP contribution in [-0.2, 0) is 0 Å². The Balaban J connectivity index is 1.29. The maximum atomic E-state index is 14.5. The Kier molecular flexibility index (Phi) is 5.87. The topological polar surface area (TPSA) is 93.6 Å². The number of aryl methyl sites for hydroxylation is 2. The van der Waals surface area contributed by atoms with Crippen molar-refractivity contribution in [2.45, 2.75) is 26.3 Å². The summed E-state index contributed by atoms with van der Waals surface area (Å²) in [6.07, 6.45) is 3.08. The molecule has 35 heavy (non-hydrogen) atoms. The molecule has 1 saturated heterocycles. The number of halogens is 3. The van der Waals surface area contributed by atoms with Crippen LogP contribution in [0.5, 0.6) is 0 Å². The number of hydrogen-bond acceptors (Lipinski definition) is 6. The molecule has 3 aromatic rings. The van der Waals surface area contributed by atoms with E-state index in [-0.39, 0.29) is 11.7 Å². The van der Waals surface area contributed by atoms with Crippen molar-refractivity contribution in [3.8, 4) is 11.3 Å². The van der Waals surface area contributed by atoms with Gasteiger partial charge >= 0.3 is 6.03 Å². The number of carbonyl (C=O) groups is 1. The Morgan fingerprint density at radius 2 is 1.77 bits per heavy atom. The van der Waals surface area contributed by atoms with Gasteiger partial charge in [0.2, 0.25) is 5.95 Å². The number of H-pyrrole nitrogens is 1. The number of urea groups is 1. The molecule has 0 saturated carbocycles. The molecule has 0 unspecified atom stereocenters. The first kappa shape index (κ1) is 22.8. The zero-order valence-corrected chi connectivity index (χ0v) is 19.2. The minimum Gasteiger partial charge on any atom is -0.337 e. The van der Waals surface area contributed by atoms with Gasteiger partial charge in [-0.05, 0) is 31.5 Å². The third-order valence-electron chi connectivity index (χ3n) is 6.22. The van der Waals surface area contributed by atoms with Gasteiger partial charge in [-0.3, -0.25) is 5.10 Å². The van der Waals surface area contributed by atoms with E-state index < -0.39 is 23.5 Å².